The molecule has 2 N–H and O–H groups in total. The molecule has 0 fully saturated rings. The summed E-state index contributed by atoms with van der Waals surface area (Å²) < 4.78 is 10.4. The lowest BCUT2D eigenvalue weighted by atomic mass is 10.1. The third kappa shape index (κ3) is 1.81. The number of hydrogen-bond donors (Lipinski definition) is 1. The molecule has 0 spiro atoms. The third-order valence-corrected chi connectivity index (χ3v) is 2.46. The quantitative estimate of drug-likeness (QED) is 0.847. The predicted octanol–water partition coefficient (Wildman–Crippen LogP) is 1.71. The maximum atomic E-state index is 8.90. The van der Waals surface area contributed by atoms with E-state index in [0.717, 1.165) is 5.39 Å². The molecule has 0 aliphatic rings. The van der Waals surface area contributed by atoms with Gasteiger partial charge >= 0.3 is 0 Å². The Morgan fingerprint density at radius 1 is 1.24 bits per heavy atom. The fourth-order valence-corrected chi connectivity index (χ4v) is 1.61. The second-order valence-electron chi connectivity index (χ2n) is 3.43. The van der Waals surface area contributed by atoms with E-state index < -0.39 is 0 Å². The molecule has 0 saturated heterocycles. The first kappa shape index (κ1) is 11.0. The Bertz CT molecular complexity index is 617. The number of nitrogen functional groups attached to an aromatic ring is 1. The van der Waals surface area contributed by atoms with E-state index in [0.29, 0.717) is 22.6 Å². The maximum absolute atomic E-state index is 8.90. The molecule has 2 rings (SSSR count). The molecule has 0 atom stereocenters. The van der Waals surface area contributed by atoms with Gasteiger partial charge in [-0.05, 0) is 12.1 Å². The van der Waals surface area contributed by atoms with Gasteiger partial charge in [-0.1, -0.05) is 0 Å². The van der Waals surface area contributed by atoms with Gasteiger partial charge in [0.25, 0.3) is 0 Å². The third-order valence-electron chi connectivity index (χ3n) is 2.46. The van der Waals surface area contributed by atoms with Crippen molar-refractivity contribution in [3.63, 3.8) is 0 Å². The van der Waals surface area contributed by atoms with Crippen molar-refractivity contribution in [3.8, 4) is 17.6 Å². The first-order valence-corrected chi connectivity index (χ1v) is 4.92. The van der Waals surface area contributed by atoms with Crippen molar-refractivity contribution in [2.75, 3.05) is 20.0 Å². The molecule has 0 aliphatic carbocycles. The van der Waals surface area contributed by atoms with Crippen molar-refractivity contribution in [1.82, 2.24) is 4.98 Å². The monoisotopic (exact) mass is 229 g/mol. The van der Waals surface area contributed by atoms with Gasteiger partial charge < -0.3 is 15.2 Å². The second-order valence-corrected chi connectivity index (χ2v) is 3.43. The average Bonchev–Trinajstić information content (AvgIpc) is 2.36. The Hall–Kier alpha value is -2.48. The van der Waals surface area contributed by atoms with Gasteiger partial charge in [-0.3, -0.25) is 0 Å². The number of rotatable bonds is 2. The highest BCUT2D eigenvalue weighted by Crippen LogP contribution is 2.31. The van der Waals surface area contributed by atoms with E-state index in [2.05, 4.69) is 4.98 Å². The number of hydrogen-bond acceptors (Lipinski definition) is 5. The number of nitrogens with two attached hydrogens (primary N) is 1. The van der Waals surface area contributed by atoms with Crippen LogP contribution in [0.5, 0.6) is 11.5 Å². The van der Waals surface area contributed by atoms with Crippen molar-refractivity contribution in [1.29, 1.82) is 5.26 Å². The van der Waals surface area contributed by atoms with E-state index >= 15 is 0 Å². The summed E-state index contributed by atoms with van der Waals surface area (Å²) in [4.78, 5) is 4.17. The fraction of sp³-hybridized carbons (Fsp3) is 0.167. The van der Waals surface area contributed by atoms with Gasteiger partial charge in [0.1, 0.15) is 28.9 Å². The second kappa shape index (κ2) is 4.18. The summed E-state index contributed by atoms with van der Waals surface area (Å²) in [6.45, 7) is 0. The maximum Gasteiger partial charge on any atom is 0.148 e. The Morgan fingerprint density at radius 3 is 2.59 bits per heavy atom. The number of aromatic nitrogens is 1. The van der Waals surface area contributed by atoms with Crippen LogP contribution in [0.1, 0.15) is 5.56 Å². The smallest absolute Gasteiger partial charge is 0.148 e. The minimum Gasteiger partial charge on any atom is -0.497 e. The molecule has 1 aromatic carbocycles. The van der Waals surface area contributed by atoms with Crippen LogP contribution in [-0.4, -0.2) is 19.2 Å². The first-order valence-electron chi connectivity index (χ1n) is 4.92. The van der Waals surface area contributed by atoms with Crippen LogP contribution in [0.3, 0.4) is 0 Å². The van der Waals surface area contributed by atoms with Crippen molar-refractivity contribution in [2.45, 2.75) is 0 Å². The first-order chi connectivity index (χ1) is 8.19. The Kier molecular flexibility index (Phi) is 2.71. The van der Waals surface area contributed by atoms with E-state index in [-0.39, 0.29) is 5.82 Å². The van der Waals surface area contributed by atoms with Crippen LogP contribution in [0.25, 0.3) is 10.9 Å². The molecule has 1 aromatic heterocycles. The lowest BCUT2D eigenvalue weighted by Gasteiger charge is -2.09. The number of benzene rings is 1. The molecule has 86 valence electrons. The van der Waals surface area contributed by atoms with Gasteiger partial charge in [-0.15, -0.1) is 0 Å². The van der Waals surface area contributed by atoms with Crippen LogP contribution in [-0.2, 0) is 0 Å². The van der Waals surface area contributed by atoms with Gasteiger partial charge in [0.05, 0.1) is 19.8 Å². The molecule has 1 heterocycles. The molecule has 17 heavy (non-hydrogen) atoms. The number of fused-ring (bicyclic) bond motifs is 1. The minimum absolute atomic E-state index is 0.198. The number of pyridine rings is 1. The highest BCUT2D eigenvalue weighted by Gasteiger charge is 2.10. The zero-order valence-electron chi connectivity index (χ0n) is 9.52. The number of ether oxygens (including phenoxy) is 2. The molecular weight excluding hydrogens is 218 g/mol. The van der Waals surface area contributed by atoms with Crippen LogP contribution in [0.15, 0.2) is 18.2 Å². The summed E-state index contributed by atoms with van der Waals surface area (Å²) in [7, 11) is 3.11. The Balaban J connectivity index is 2.81. The molecule has 5 nitrogen and oxygen atoms in total. The van der Waals surface area contributed by atoms with E-state index in [9.17, 15) is 0 Å². The van der Waals surface area contributed by atoms with Gasteiger partial charge in [0, 0.05) is 11.5 Å². The lowest BCUT2D eigenvalue weighted by Crippen LogP contribution is -1.97. The van der Waals surface area contributed by atoms with Crippen molar-refractivity contribution >= 4 is 16.7 Å². The Labute approximate surface area is 98.4 Å². The van der Waals surface area contributed by atoms with Crippen LogP contribution < -0.4 is 15.2 Å². The van der Waals surface area contributed by atoms with Crippen molar-refractivity contribution in [2.24, 2.45) is 0 Å². The minimum atomic E-state index is 0.198. The predicted molar refractivity (Wildman–Crippen MR) is 64.0 cm³/mol. The highest BCUT2D eigenvalue weighted by molar-refractivity contribution is 5.89. The van der Waals surface area contributed by atoms with Gasteiger partial charge in [0.15, 0.2) is 0 Å². The molecule has 0 aliphatic heterocycles. The lowest BCUT2D eigenvalue weighted by molar-refractivity contribution is 0.397. The summed E-state index contributed by atoms with van der Waals surface area (Å²) in [5.41, 5.74) is 6.63. The molecule has 0 saturated carbocycles. The van der Waals surface area contributed by atoms with Crippen LogP contribution in [0.2, 0.25) is 0 Å². The van der Waals surface area contributed by atoms with Gasteiger partial charge in [0.2, 0.25) is 0 Å². The van der Waals surface area contributed by atoms with Crippen LogP contribution in [0.4, 0.5) is 5.82 Å². The number of nitriles is 1. The van der Waals surface area contributed by atoms with Gasteiger partial charge in [-0.2, -0.15) is 5.26 Å². The average molecular weight is 229 g/mol. The molecule has 0 unspecified atom stereocenters. The van der Waals surface area contributed by atoms with E-state index in [1.54, 1.807) is 32.4 Å². The summed E-state index contributed by atoms with van der Waals surface area (Å²) in [6.07, 6.45) is 0. The van der Waals surface area contributed by atoms with Crippen LogP contribution >= 0.6 is 0 Å². The molecule has 0 bridgehead atoms. The molecule has 2 aromatic rings. The zero-order chi connectivity index (χ0) is 12.4. The molecule has 0 amide bonds. The summed E-state index contributed by atoms with van der Waals surface area (Å²) in [6, 6.07) is 7.17. The summed E-state index contributed by atoms with van der Waals surface area (Å²) >= 11 is 0. The number of nitrogens with zero attached hydrogens (tertiary/aromatic N) is 2. The number of anilines is 1. The normalized spacial score (nSPS) is 9.94. The van der Waals surface area contributed by atoms with E-state index in [1.165, 1.54) is 0 Å². The summed E-state index contributed by atoms with van der Waals surface area (Å²) in [5.74, 6) is 1.41. The molecule has 0 radical (unpaired) electrons. The molecule has 5 heteroatoms. The van der Waals surface area contributed by atoms with E-state index in [4.69, 9.17) is 20.5 Å². The zero-order valence-corrected chi connectivity index (χ0v) is 9.52. The van der Waals surface area contributed by atoms with E-state index in [1.807, 2.05) is 6.07 Å². The van der Waals surface area contributed by atoms with Crippen molar-refractivity contribution in [3.05, 3.63) is 23.8 Å². The molecular formula is C12H11N3O2. The van der Waals surface area contributed by atoms with Crippen molar-refractivity contribution < 1.29 is 9.47 Å². The number of methoxy groups -OCH3 is 2. The topological polar surface area (TPSA) is 81.2 Å². The standard InChI is InChI=1S/C12H11N3O2/c1-16-9-4-7-3-8(6-13)12(14)15-11(7)10(5-9)17-2/h3-5H,1-2H3,(H2,14,15). The largest absolute Gasteiger partial charge is 0.497 e. The SMILES string of the molecule is COc1cc(OC)c2nc(N)c(C#N)cc2c1. The Morgan fingerprint density at radius 2 is 2.00 bits per heavy atom. The summed E-state index contributed by atoms with van der Waals surface area (Å²) in [5, 5.41) is 9.65. The fourth-order valence-electron chi connectivity index (χ4n) is 1.61. The van der Waals surface area contributed by atoms with Crippen LogP contribution in [0, 0.1) is 11.3 Å². The highest BCUT2D eigenvalue weighted by atomic mass is 16.5. The van der Waals surface area contributed by atoms with Gasteiger partial charge in [-0.25, -0.2) is 4.98 Å².